The maximum absolute atomic E-state index is 12.0. The molecule has 2 aromatic rings. The minimum atomic E-state index is -0.236. The molecule has 0 aliphatic carbocycles. The van der Waals surface area contributed by atoms with Gasteiger partial charge in [-0.3, -0.25) is 4.79 Å². The van der Waals surface area contributed by atoms with Crippen LogP contribution in [0, 0.1) is 0 Å². The second kappa shape index (κ2) is 6.85. The molecule has 5 heteroatoms. The maximum atomic E-state index is 12.0. The molecule has 0 fully saturated rings. The first-order chi connectivity index (χ1) is 10.4. The van der Waals surface area contributed by atoms with Gasteiger partial charge in [0.15, 0.2) is 11.5 Å². The Kier molecular flexibility index (Phi) is 4.88. The molecule has 0 atom stereocenters. The highest BCUT2D eigenvalue weighted by atomic mass is 16.5. The Bertz CT molecular complexity index is 650. The molecule has 0 aliphatic rings. The number of carbonyl (C=O) groups excluding carboxylic acids is 1. The summed E-state index contributed by atoms with van der Waals surface area (Å²) in [4.78, 5) is 12.0. The molecule has 116 valence electrons. The Labute approximate surface area is 129 Å². The van der Waals surface area contributed by atoms with Crippen molar-refractivity contribution in [2.24, 2.45) is 0 Å². The molecule has 0 aromatic heterocycles. The van der Waals surface area contributed by atoms with E-state index >= 15 is 0 Å². The van der Waals surface area contributed by atoms with Gasteiger partial charge in [0.2, 0.25) is 5.91 Å². The summed E-state index contributed by atoms with van der Waals surface area (Å²) in [5.74, 6) is 0.101. The van der Waals surface area contributed by atoms with Crippen LogP contribution in [0.5, 0.6) is 17.2 Å². The van der Waals surface area contributed by atoms with Crippen LogP contribution in [0.1, 0.15) is 19.4 Å². The van der Waals surface area contributed by atoms with Crippen LogP contribution < -0.4 is 10.1 Å². The average Bonchev–Trinajstić information content (AvgIpc) is 2.44. The number of amides is 1. The summed E-state index contributed by atoms with van der Waals surface area (Å²) in [7, 11) is 0. The van der Waals surface area contributed by atoms with E-state index in [0.717, 1.165) is 5.75 Å². The standard InChI is InChI=1S/C17H19NO4/c1-11(2)22-14-6-4-13(5-7-14)18-17(21)10-12-3-8-15(19)16(20)9-12/h3-9,11,19-20H,10H2,1-2H3,(H,18,21). The lowest BCUT2D eigenvalue weighted by atomic mass is 10.1. The number of anilines is 1. The quantitative estimate of drug-likeness (QED) is 0.742. The first kappa shape index (κ1) is 15.7. The van der Waals surface area contributed by atoms with E-state index in [9.17, 15) is 15.0 Å². The largest absolute Gasteiger partial charge is 0.504 e. The SMILES string of the molecule is CC(C)Oc1ccc(NC(=O)Cc2ccc(O)c(O)c2)cc1. The molecule has 0 saturated carbocycles. The lowest BCUT2D eigenvalue weighted by Crippen LogP contribution is -2.14. The van der Waals surface area contributed by atoms with Gasteiger partial charge in [0, 0.05) is 5.69 Å². The van der Waals surface area contributed by atoms with Crippen molar-refractivity contribution >= 4 is 11.6 Å². The van der Waals surface area contributed by atoms with Gasteiger partial charge in [-0.15, -0.1) is 0 Å². The van der Waals surface area contributed by atoms with Crippen molar-refractivity contribution in [3.05, 3.63) is 48.0 Å². The van der Waals surface area contributed by atoms with Gasteiger partial charge in [-0.2, -0.15) is 0 Å². The molecule has 0 bridgehead atoms. The molecule has 0 radical (unpaired) electrons. The van der Waals surface area contributed by atoms with Gasteiger partial charge in [-0.05, 0) is 55.8 Å². The van der Waals surface area contributed by atoms with Crippen LogP contribution in [0.2, 0.25) is 0 Å². The third kappa shape index (κ3) is 4.41. The summed E-state index contributed by atoms with van der Waals surface area (Å²) in [5.41, 5.74) is 1.29. The van der Waals surface area contributed by atoms with Crippen LogP contribution in [0.25, 0.3) is 0 Å². The number of nitrogens with one attached hydrogen (secondary N) is 1. The van der Waals surface area contributed by atoms with Crippen LogP contribution in [0.3, 0.4) is 0 Å². The lowest BCUT2D eigenvalue weighted by molar-refractivity contribution is -0.115. The highest BCUT2D eigenvalue weighted by Crippen LogP contribution is 2.25. The molecule has 0 heterocycles. The third-order valence-corrected chi connectivity index (χ3v) is 2.91. The Hall–Kier alpha value is -2.69. The zero-order chi connectivity index (χ0) is 16.1. The summed E-state index contributed by atoms with van der Waals surface area (Å²) < 4.78 is 5.53. The molecule has 0 aliphatic heterocycles. The molecule has 22 heavy (non-hydrogen) atoms. The number of hydrogen-bond acceptors (Lipinski definition) is 4. The molecule has 0 spiro atoms. The number of carbonyl (C=O) groups is 1. The highest BCUT2D eigenvalue weighted by molar-refractivity contribution is 5.92. The molecular weight excluding hydrogens is 282 g/mol. The normalized spacial score (nSPS) is 10.5. The monoisotopic (exact) mass is 301 g/mol. The van der Waals surface area contributed by atoms with Gasteiger partial charge in [-0.25, -0.2) is 0 Å². The van der Waals surface area contributed by atoms with E-state index in [-0.39, 0.29) is 29.9 Å². The van der Waals surface area contributed by atoms with Crippen molar-refractivity contribution < 1.29 is 19.7 Å². The highest BCUT2D eigenvalue weighted by Gasteiger charge is 2.07. The first-order valence-electron chi connectivity index (χ1n) is 7.01. The summed E-state index contributed by atoms with van der Waals surface area (Å²) in [5, 5.41) is 21.4. The summed E-state index contributed by atoms with van der Waals surface area (Å²) in [6.45, 7) is 3.89. The topological polar surface area (TPSA) is 78.8 Å². The predicted octanol–water partition coefficient (Wildman–Crippen LogP) is 3.07. The summed E-state index contributed by atoms with van der Waals surface area (Å²) in [6.07, 6.45) is 0.209. The molecular formula is C17H19NO4. The van der Waals surface area contributed by atoms with Gasteiger partial charge in [0.25, 0.3) is 0 Å². The van der Waals surface area contributed by atoms with Crippen molar-refractivity contribution in [3.8, 4) is 17.2 Å². The van der Waals surface area contributed by atoms with E-state index in [0.29, 0.717) is 11.3 Å². The van der Waals surface area contributed by atoms with Crippen LogP contribution in [-0.4, -0.2) is 22.2 Å². The van der Waals surface area contributed by atoms with Gasteiger partial charge in [-0.1, -0.05) is 6.07 Å². The molecule has 3 N–H and O–H groups in total. The van der Waals surface area contributed by atoms with E-state index in [4.69, 9.17) is 4.74 Å². The number of hydrogen-bond donors (Lipinski definition) is 3. The van der Waals surface area contributed by atoms with Crippen LogP contribution >= 0.6 is 0 Å². The molecule has 2 rings (SSSR count). The average molecular weight is 301 g/mol. The van der Waals surface area contributed by atoms with Gasteiger partial charge < -0.3 is 20.3 Å². The molecule has 1 amide bonds. The third-order valence-electron chi connectivity index (χ3n) is 2.91. The Morgan fingerprint density at radius 3 is 2.36 bits per heavy atom. The summed E-state index contributed by atoms with van der Waals surface area (Å²) in [6, 6.07) is 11.4. The number of phenols is 2. The van der Waals surface area contributed by atoms with E-state index in [1.807, 2.05) is 13.8 Å². The van der Waals surface area contributed by atoms with Gasteiger partial charge in [0.1, 0.15) is 5.75 Å². The maximum Gasteiger partial charge on any atom is 0.228 e. The second-order valence-electron chi connectivity index (χ2n) is 5.24. The number of benzene rings is 2. The zero-order valence-corrected chi connectivity index (χ0v) is 12.5. The van der Waals surface area contributed by atoms with E-state index in [1.165, 1.54) is 12.1 Å². The Morgan fingerprint density at radius 1 is 1.09 bits per heavy atom. The number of phenolic OH excluding ortho intramolecular Hbond substituents is 2. The van der Waals surface area contributed by atoms with Crippen molar-refractivity contribution in [2.45, 2.75) is 26.4 Å². The number of ether oxygens (including phenoxy) is 1. The zero-order valence-electron chi connectivity index (χ0n) is 12.5. The fourth-order valence-corrected chi connectivity index (χ4v) is 1.96. The van der Waals surface area contributed by atoms with Crippen molar-refractivity contribution in [1.82, 2.24) is 0 Å². The van der Waals surface area contributed by atoms with E-state index in [2.05, 4.69) is 5.32 Å². The summed E-state index contributed by atoms with van der Waals surface area (Å²) >= 11 is 0. The van der Waals surface area contributed by atoms with E-state index < -0.39 is 0 Å². The van der Waals surface area contributed by atoms with Crippen molar-refractivity contribution in [1.29, 1.82) is 0 Å². The predicted molar refractivity (Wildman–Crippen MR) is 84.3 cm³/mol. The minimum absolute atomic E-state index is 0.0996. The van der Waals surface area contributed by atoms with Crippen LogP contribution in [-0.2, 0) is 11.2 Å². The number of rotatable bonds is 5. The lowest BCUT2D eigenvalue weighted by Gasteiger charge is -2.10. The molecule has 5 nitrogen and oxygen atoms in total. The second-order valence-corrected chi connectivity index (χ2v) is 5.24. The molecule has 0 unspecified atom stereocenters. The molecule has 0 saturated heterocycles. The van der Waals surface area contributed by atoms with Gasteiger partial charge >= 0.3 is 0 Å². The van der Waals surface area contributed by atoms with Crippen LogP contribution in [0.15, 0.2) is 42.5 Å². The van der Waals surface area contributed by atoms with Crippen LogP contribution in [0.4, 0.5) is 5.69 Å². The minimum Gasteiger partial charge on any atom is -0.504 e. The van der Waals surface area contributed by atoms with E-state index in [1.54, 1.807) is 30.3 Å². The van der Waals surface area contributed by atoms with Crippen molar-refractivity contribution in [2.75, 3.05) is 5.32 Å². The van der Waals surface area contributed by atoms with Crippen molar-refractivity contribution in [3.63, 3.8) is 0 Å². The smallest absolute Gasteiger partial charge is 0.228 e. The molecule has 2 aromatic carbocycles. The van der Waals surface area contributed by atoms with Gasteiger partial charge in [0.05, 0.1) is 12.5 Å². The Balaban J connectivity index is 1.95. The fourth-order valence-electron chi connectivity index (χ4n) is 1.96. The Morgan fingerprint density at radius 2 is 1.77 bits per heavy atom. The number of aromatic hydroxyl groups is 2. The fraction of sp³-hybridized carbons (Fsp3) is 0.235. The first-order valence-corrected chi connectivity index (χ1v) is 7.01.